The summed E-state index contributed by atoms with van der Waals surface area (Å²) < 4.78 is 2.43. The molecule has 1 saturated carbocycles. The van der Waals surface area contributed by atoms with Crippen molar-refractivity contribution in [3.8, 4) is 0 Å². The molecule has 152 valence electrons. The van der Waals surface area contributed by atoms with Crippen molar-refractivity contribution in [1.82, 2.24) is 14.8 Å². The van der Waals surface area contributed by atoms with Gasteiger partial charge in [0.25, 0.3) is 0 Å². The summed E-state index contributed by atoms with van der Waals surface area (Å²) in [4.78, 5) is 26.9. The summed E-state index contributed by atoms with van der Waals surface area (Å²) >= 11 is 7.24. The van der Waals surface area contributed by atoms with E-state index in [4.69, 9.17) is 11.6 Å². The van der Waals surface area contributed by atoms with Crippen LogP contribution in [0.15, 0.2) is 23.0 Å². The molecule has 1 amide bonds. The molecule has 1 N–H and O–H groups in total. The molecule has 1 aromatic carbocycles. The van der Waals surface area contributed by atoms with Gasteiger partial charge in [-0.15, -0.1) is 0 Å². The highest BCUT2D eigenvalue weighted by atomic mass is 35.5. The van der Waals surface area contributed by atoms with E-state index in [2.05, 4.69) is 5.32 Å². The minimum absolute atomic E-state index is 0.0360. The van der Waals surface area contributed by atoms with E-state index in [0.29, 0.717) is 5.02 Å². The van der Waals surface area contributed by atoms with Gasteiger partial charge in [0.1, 0.15) is 6.54 Å². The molecule has 4 rings (SSSR count). The summed E-state index contributed by atoms with van der Waals surface area (Å²) in [6.07, 6.45) is 8.66. The Hall–Kier alpha value is -1.37. The van der Waals surface area contributed by atoms with Crippen LogP contribution in [-0.4, -0.2) is 41.1 Å². The third kappa shape index (κ3) is 4.97. The summed E-state index contributed by atoms with van der Waals surface area (Å²) in [5.74, 6) is 0.766. The highest BCUT2D eigenvalue weighted by Crippen LogP contribution is 2.25. The number of hydrogen-bond acceptors (Lipinski definition) is 4. The maximum atomic E-state index is 12.8. The number of nitrogens with one attached hydrogen (secondary N) is 1. The number of likely N-dealkylation sites (tertiary alicyclic amines) is 1. The van der Waals surface area contributed by atoms with Crippen molar-refractivity contribution >= 4 is 39.1 Å². The monoisotopic (exact) mass is 421 g/mol. The number of rotatable bonds is 8. The van der Waals surface area contributed by atoms with Crippen LogP contribution in [0.1, 0.15) is 44.9 Å². The lowest BCUT2D eigenvalue weighted by atomic mass is 9.91. The van der Waals surface area contributed by atoms with Crippen LogP contribution in [0, 0.1) is 5.92 Å². The average Bonchev–Trinajstić information content (AvgIpc) is 3.47. The van der Waals surface area contributed by atoms with Gasteiger partial charge in [0.15, 0.2) is 0 Å². The van der Waals surface area contributed by atoms with Crippen LogP contribution in [0.3, 0.4) is 0 Å². The number of thiazole rings is 1. The fourth-order valence-corrected chi connectivity index (χ4v) is 5.08. The van der Waals surface area contributed by atoms with Crippen molar-refractivity contribution in [1.29, 1.82) is 0 Å². The zero-order valence-electron chi connectivity index (χ0n) is 16.2. The van der Waals surface area contributed by atoms with Crippen LogP contribution in [0.4, 0.5) is 0 Å². The van der Waals surface area contributed by atoms with E-state index in [1.165, 1.54) is 43.4 Å². The first kappa shape index (κ1) is 19.9. The number of carbonyl (C=O) groups is 1. The van der Waals surface area contributed by atoms with E-state index in [-0.39, 0.29) is 17.3 Å². The predicted molar refractivity (Wildman–Crippen MR) is 115 cm³/mol. The number of nitrogens with zero attached hydrogens (tertiary/aromatic N) is 2. The Kier molecular flexibility index (Phi) is 6.38. The molecule has 5 nitrogen and oxygen atoms in total. The number of benzene rings is 1. The van der Waals surface area contributed by atoms with Crippen molar-refractivity contribution in [2.45, 2.75) is 57.5 Å². The largest absolute Gasteiger partial charge is 0.341 e. The number of piperidine rings is 1. The van der Waals surface area contributed by atoms with Crippen LogP contribution < -0.4 is 10.2 Å². The normalized spacial score (nSPS) is 18.1. The summed E-state index contributed by atoms with van der Waals surface area (Å²) in [6, 6.07) is 6.19. The van der Waals surface area contributed by atoms with Gasteiger partial charge in [-0.25, -0.2) is 0 Å². The molecule has 2 aliphatic rings. The number of amides is 1. The summed E-state index contributed by atoms with van der Waals surface area (Å²) in [5, 5.41) is 4.15. The summed E-state index contributed by atoms with van der Waals surface area (Å²) in [6.45, 7) is 2.87. The van der Waals surface area contributed by atoms with Crippen LogP contribution >= 0.6 is 22.9 Å². The molecule has 0 atom stereocenters. The lowest BCUT2D eigenvalue weighted by Crippen LogP contribution is -2.41. The van der Waals surface area contributed by atoms with Crippen molar-refractivity contribution in [3.63, 3.8) is 0 Å². The summed E-state index contributed by atoms with van der Waals surface area (Å²) in [7, 11) is 0. The molecule has 1 aliphatic heterocycles. The van der Waals surface area contributed by atoms with Gasteiger partial charge in [-0.2, -0.15) is 0 Å². The van der Waals surface area contributed by atoms with Gasteiger partial charge in [-0.3, -0.25) is 14.2 Å². The molecule has 0 unspecified atom stereocenters. The van der Waals surface area contributed by atoms with Crippen LogP contribution in [0.5, 0.6) is 0 Å². The molecule has 1 aliphatic carbocycles. The Balaban J connectivity index is 1.24. The number of hydrogen-bond donors (Lipinski definition) is 1. The van der Waals surface area contributed by atoms with Gasteiger partial charge >= 0.3 is 4.87 Å². The Labute approximate surface area is 174 Å². The minimum atomic E-state index is -0.0969. The Morgan fingerprint density at radius 3 is 2.71 bits per heavy atom. The first-order valence-electron chi connectivity index (χ1n) is 10.4. The second kappa shape index (κ2) is 8.97. The standard InChI is InChI=1S/C21H28ClN3O2S/c22-16-4-7-19-18(13-16)25(21(27)28-19)14-20(26)24-11-8-15(9-12-24)3-1-2-10-23-17-5-6-17/h4,7,13,15,17,23H,1-3,5-6,8-12,14H2. The van der Waals surface area contributed by atoms with E-state index in [1.54, 1.807) is 16.7 Å². The molecule has 7 heteroatoms. The van der Waals surface area contributed by atoms with Crippen LogP contribution in [0.2, 0.25) is 5.02 Å². The number of unbranched alkanes of at least 4 members (excludes halogenated alkanes) is 1. The maximum Gasteiger partial charge on any atom is 0.308 e. The molecule has 0 radical (unpaired) electrons. The molecule has 2 heterocycles. The first-order valence-corrected chi connectivity index (χ1v) is 11.6. The Bertz CT molecular complexity index is 881. The van der Waals surface area contributed by atoms with Gasteiger partial charge in [-0.1, -0.05) is 35.8 Å². The fourth-order valence-electron chi connectivity index (χ4n) is 4.04. The van der Waals surface area contributed by atoms with Gasteiger partial charge in [0.2, 0.25) is 5.91 Å². The Morgan fingerprint density at radius 1 is 1.18 bits per heavy atom. The molecule has 28 heavy (non-hydrogen) atoms. The highest BCUT2D eigenvalue weighted by Gasteiger charge is 2.24. The van der Waals surface area contributed by atoms with E-state index in [0.717, 1.165) is 54.7 Å². The molecular weight excluding hydrogens is 394 g/mol. The second-order valence-electron chi connectivity index (χ2n) is 8.11. The number of aromatic nitrogens is 1. The van der Waals surface area contributed by atoms with Crippen molar-refractivity contribution in [2.75, 3.05) is 19.6 Å². The smallest absolute Gasteiger partial charge is 0.308 e. The van der Waals surface area contributed by atoms with E-state index in [9.17, 15) is 9.59 Å². The number of carbonyl (C=O) groups excluding carboxylic acids is 1. The van der Waals surface area contributed by atoms with Crippen molar-refractivity contribution in [3.05, 3.63) is 32.9 Å². The number of halogens is 1. The summed E-state index contributed by atoms with van der Waals surface area (Å²) in [5.41, 5.74) is 0.755. The third-order valence-corrected chi connectivity index (χ3v) is 7.13. The zero-order valence-corrected chi connectivity index (χ0v) is 17.7. The van der Waals surface area contributed by atoms with Crippen molar-refractivity contribution in [2.24, 2.45) is 5.92 Å². The third-order valence-electron chi connectivity index (χ3n) is 5.94. The van der Waals surface area contributed by atoms with E-state index < -0.39 is 0 Å². The average molecular weight is 422 g/mol. The van der Waals surface area contributed by atoms with Gasteiger partial charge in [0, 0.05) is 24.2 Å². The van der Waals surface area contributed by atoms with Crippen LogP contribution in [-0.2, 0) is 11.3 Å². The zero-order chi connectivity index (χ0) is 19.5. The van der Waals surface area contributed by atoms with Gasteiger partial charge in [-0.05, 0) is 62.8 Å². The first-order chi connectivity index (χ1) is 13.6. The molecular formula is C21H28ClN3O2S. The van der Waals surface area contributed by atoms with Gasteiger partial charge < -0.3 is 10.2 Å². The SMILES string of the molecule is O=C(Cn1c(=O)sc2ccc(Cl)cc21)N1CCC(CCCCNC2CC2)CC1. The van der Waals surface area contributed by atoms with Crippen molar-refractivity contribution < 1.29 is 4.79 Å². The van der Waals surface area contributed by atoms with Crippen LogP contribution in [0.25, 0.3) is 10.2 Å². The number of fused-ring (bicyclic) bond motifs is 1. The molecule has 0 spiro atoms. The quantitative estimate of drug-likeness (QED) is 0.658. The van der Waals surface area contributed by atoms with E-state index >= 15 is 0 Å². The second-order valence-corrected chi connectivity index (χ2v) is 9.54. The minimum Gasteiger partial charge on any atom is -0.341 e. The lowest BCUT2D eigenvalue weighted by Gasteiger charge is -2.32. The molecule has 2 fully saturated rings. The highest BCUT2D eigenvalue weighted by molar-refractivity contribution is 7.16. The fraction of sp³-hybridized carbons (Fsp3) is 0.619. The maximum absolute atomic E-state index is 12.8. The predicted octanol–water partition coefficient (Wildman–Crippen LogP) is 3.88. The molecule has 0 bridgehead atoms. The molecule has 2 aromatic rings. The molecule has 1 saturated heterocycles. The van der Waals surface area contributed by atoms with Gasteiger partial charge in [0.05, 0.1) is 10.2 Å². The van der Waals surface area contributed by atoms with E-state index in [1.807, 2.05) is 11.0 Å². The Morgan fingerprint density at radius 2 is 1.96 bits per heavy atom. The molecule has 1 aromatic heterocycles. The topological polar surface area (TPSA) is 54.3 Å². The lowest BCUT2D eigenvalue weighted by molar-refractivity contribution is -0.133.